The molecule has 1 unspecified atom stereocenters. The van der Waals surface area contributed by atoms with Crippen molar-refractivity contribution in [3.63, 3.8) is 0 Å². The predicted octanol–water partition coefficient (Wildman–Crippen LogP) is 1.64. The second-order valence-corrected chi connectivity index (χ2v) is 5.70. The van der Waals surface area contributed by atoms with Gasteiger partial charge in [0.05, 0.1) is 13.2 Å². The summed E-state index contributed by atoms with van der Waals surface area (Å²) in [6.45, 7) is 5.68. The Bertz CT molecular complexity index is 372. The van der Waals surface area contributed by atoms with E-state index in [1.807, 2.05) is 0 Å². The minimum absolute atomic E-state index is 0.116. The van der Waals surface area contributed by atoms with E-state index in [0.717, 1.165) is 32.7 Å². The molecular weight excluding hydrogens is 264 g/mol. The lowest BCUT2D eigenvalue weighted by Gasteiger charge is -2.33. The predicted molar refractivity (Wildman–Crippen MR) is 85.3 cm³/mol. The number of hydrogen-bond acceptors (Lipinski definition) is 4. The Labute approximate surface area is 128 Å². The lowest BCUT2D eigenvalue weighted by atomic mass is 10.0. The third kappa shape index (κ3) is 6.57. The van der Waals surface area contributed by atoms with Gasteiger partial charge in [0.2, 0.25) is 0 Å². The first-order valence-corrected chi connectivity index (χ1v) is 8.07. The molecular formula is C17H28N2O2. The van der Waals surface area contributed by atoms with Crippen LogP contribution in [0, 0.1) is 0 Å². The van der Waals surface area contributed by atoms with E-state index in [1.54, 1.807) is 0 Å². The fourth-order valence-corrected chi connectivity index (χ4v) is 2.85. The summed E-state index contributed by atoms with van der Waals surface area (Å²) < 4.78 is 5.27. The highest BCUT2D eigenvalue weighted by Crippen LogP contribution is 2.13. The van der Waals surface area contributed by atoms with Crippen LogP contribution in [0.25, 0.3) is 0 Å². The molecule has 1 aromatic rings. The van der Waals surface area contributed by atoms with Crippen LogP contribution < -0.4 is 5.32 Å². The first kappa shape index (κ1) is 16.4. The highest BCUT2D eigenvalue weighted by molar-refractivity contribution is 5.14. The second kappa shape index (κ2) is 9.90. The van der Waals surface area contributed by atoms with Gasteiger partial charge in [0, 0.05) is 25.7 Å². The lowest BCUT2D eigenvalue weighted by molar-refractivity contribution is 0.0895. The van der Waals surface area contributed by atoms with Crippen molar-refractivity contribution in [1.82, 2.24) is 10.2 Å². The van der Waals surface area contributed by atoms with Crippen LogP contribution in [-0.2, 0) is 11.3 Å². The standard InChI is InChI=1S/C17H28N2O2/c20-11-13-21-12-5-9-18-17-8-4-10-19(15-17)14-16-6-2-1-3-7-16/h1-3,6-7,17-18,20H,4-5,8-15H2. The molecule has 4 heteroatoms. The van der Waals surface area contributed by atoms with Crippen LogP contribution in [0.4, 0.5) is 0 Å². The van der Waals surface area contributed by atoms with Crippen LogP contribution in [0.5, 0.6) is 0 Å². The summed E-state index contributed by atoms with van der Waals surface area (Å²) in [5.41, 5.74) is 1.40. The van der Waals surface area contributed by atoms with Gasteiger partial charge in [-0.2, -0.15) is 0 Å². The Balaban J connectivity index is 1.62. The van der Waals surface area contributed by atoms with Crippen molar-refractivity contribution in [1.29, 1.82) is 0 Å². The number of aliphatic hydroxyl groups excluding tert-OH is 1. The van der Waals surface area contributed by atoms with E-state index in [4.69, 9.17) is 9.84 Å². The zero-order chi connectivity index (χ0) is 14.8. The summed E-state index contributed by atoms with van der Waals surface area (Å²) >= 11 is 0. The lowest BCUT2D eigenvalue weighted by Crippen LogP contribution is -2.45. The van der Waals surface area contributed by atoms with E-state index < -0.39 is 0 Å². The van der Waals surface area contributed by atoms with Crippen LogP contribution in [0.15, 0.2) is 30.3 Å². The Morgan fingerprint density at radius 1 is 1.24 bits per heavy atom. The Morgan fingerprint density at radius 2 is 2.10 bits per heavy atom. The highest BCUT2D eigenvalue weighted by Gasteiger charge is 2.19. The maximum absolute atomic E-state index is 8.63. The zero-order valence-electron chi connectivity index (χ0n) is 12.8. The van der Waals surface area contributed by atoms with Crippen molar-refractivity contribution in [2.24, 2.45) is 0 Å². The molecule has 1 atom stereocenters. The molecule has 0 bridgehead atoms. The van der Waals surface area contributed by atoms with Gasteiger partial charge in [-0.15, -0.1) is 0 Å². The summed E-state index contributed by atoms with van der Waals surface area (Å²) in [6.07, 6.45) is 3.55. The second-order valence-electron chi connectivity index (χ2n) is 5.70. The first-order chi connectivity index (χ1) is 10.4. The van der Waals surface area contributed by atoms with Gasteiger partial charge in [-0.25, -0.2) is 0 Å². The third-order valence-electron chi connectivity index (χ3n) is 3.89. The number of piperidine rings is 1. The molecule has 1 aromatic carbocycles. The van der Waals surface area contributed by atoms with Crippen LogP contribution in [-0.4, -0.2) is 55.5 Å². The van der Waals surface area contributed by atoms with Crippen molar-refractivity contribution in [2.75, 3.05) is 39.5 Å². The molecule has 1 saturated heterocycles. The highest BCUT2D eigenvalue weighted by atomic mass is 16.5. The third-order valence-corrected chi connectivity index (χ3v) is 3.89. The molecule has 0 amide bonds. The Kier molecular flexibility index (Phi) is 7.75. The van der Waals surface area contributed by atoms with Crippen LogP contribution >= 0.6 is 0 Å². The van der Waals surface area contributed by atoms with Gasteiger partial charge in [0.25, 0.3) is 0 Å². The molecule has 2 N–H and O–H groups in total. The number of ether oxygens (including phenoxy) is 1. The molecule has 1 aliphatic rings. The molecule has 1 aliphatic heterocycles. The van der Waals surface area contributed by atoms with E-state index in [1.165, 1.54) is 24.9 Å². The minimum atomic E-state index is 0.116. The van der Waals surface area contributed by atoms with Gasteiger partial charge < -0.3 is 15.2 Å². The topological polar surface area (TPSA) is 44.7 Å². The Morgan fingerprint density at radius 3 is 2.90 bits per heavy atom. The van der Waals surface area contributed by atoms with Crippen molar-refractivity contribution in [2.45, 2.75) is 31.8 Å². The normalized spacial score (nSPS) is 19.8. The van der Waals surface area contributed by atoms with E-state index in [-0.39, 0.29) is 6.61 Å². The number of rotatable bonds is 9. The average Bonchev–Trinajstić information content (AvgIpc) is 2.52. The molecule has 1 fully saturated rings. The molecule has 21 heavy (non-hydrogen) atoms. The largest absolute Gasteiger partial charge is 0.394 e. The fourth-order valence-electron chi connectivity index (χ4n) is 2.85. The number of nitrogens with zero attached hydrogens (tertiary/aromatic N) is 1. The molecule has 1 heterocycles. The maximum Gasteiger partial charge on any atom is 0.0697 e. The summed E-state index contributed by atoms with van der Waals surface area (Å²) in [5.74, 6) is 0. The molecule has 0 aromatic heterocycles. The summed E-state index contributed by atoms with van der Waals surface area (Å²) in [6, 6.07) is 11.3. The van der Waals surface area contributed by atoms with Gasteiger partial charge in [-0.3, -0.25) is 4.90 Å². The summed E-state index contributed by atoms with van der Waals surface area (Å²) in [5, 5.41) is 12.3. The number of benzene rings is 1. The van der Waals surface area contributed by atoms with Gasteiger partial charge in [-0.05, 0) is 37.9 Å². The van der Waals surface area contributed by atoms with Crippen molar-refractivity contribution < 1.29 is 9.84 Å². The minimum Gasteiger partial charge on any atom is -0.394 e. The van der Waals surface area contributed by atoms with Crippen molar-refractivity contribution in [3.8, 4) is 0 Å². The van der Waals surface area contributed by atoms with Crippen LogP contribution in [0.3, 0.4) is 0 Å². The number of hydrogen-bond donors (Lipinski definition) is 2. The van der Waals surface area contributed by atoms with Crippen molar-refractivity contribution in [3.05, 3.63) is 35.9 Å². The molecule has 0 aliphatic carbocycles. The van der Waals surface area contributed by atoms with Gasteiger partial charge in [0.1, 0.15) is 0 Å². The van der Waals surface area contributed by atoms with Crippen molar-refractivity contribution >= 4 is 0 Å². The first-order valence-electron chi connectivity index (χ1n) is 8.07. The SMILES string of the molecule is OCCOCCCNC1CCCN(Cc2ccccc2)C1. The van der Waals surface area contributed by atoms with Gasteiger partial charge in [-0.1, -0.05) is 30.3 Å². The van der Waals surface area contributed by atoms with E-state index in [9.17, 15) is 0 Å². The Hall–Kier alpha value is -0.940. The van der Waals surface area contributed by atoms with Gasteiger partial charge in [0.15, 0.2) is 0 Å². The molecule has 0 radical (unpaired) electrons. The van der Waals surface area contributed by atoms with E-state index >= 15 is 0 Å². The fraction of sp³-hybridized carbons (Fsp3) is 0.647. The van der Waals surface area contributed by atoms with Crippen LogP contribution in [0.1, 0.15) is 24.8 Å². The van der Waals surface area contributed by atoms with E-state index in [0.29, 0.717) is 12.6 Å². The van der Waals surface area contributed by atoms with Crippen LogP contribution in [0.2, 0.25) is 0 Å². The molecule has 4 nitrogen and oxygen atoms in total. The number of nitrogens with one attached hydrogen (secondary N) is 1. The smallest absolute Gasteiger partial charge is 0.0697 e. The maximum atomic E-state index is 8.63. The average molecular weight is 292 g/mol. The quantitative estimate of drug-likeness (QED) is 0.679. The summed E-state index contributed by atoms with van der Waals surface area (Å²) in [7, 11) is 0. The monoisotopic (exact) mass is 292 g/mol. The number of likely N-dealkylation sites (tertiary alicyclic amines) is 1. The molecule has 0 spiro atoms. The molecule has 118 valence electrons. The summed E-state index contributed by atoms with van der Waals surface area (Å²) in [4.78, 5) is 2.54. The molecule has 2 rings (SSSR count). The van der Waals surface area contributed by atoms with Gasteiger partial charge >= 0.3 is 0 Å². The number of aliphatic hydroxyl groups is 1. The molecule has 0 saturated carbocycles. The zero-order valence-corrected chi connectivity index (χ0v) is 12.8. The van der Waals surface area contributed by atoms with E-state index in [2.05, 4.69) is 40.5 Å².